The van der Waals surface area contributed by atoms with Crippen molar-refractivity contribution >= 4 is 29.0 Å². The van der Waals surface area contributed by atoms with Crippen LogP contribution in [0.3, 0.4) is 0 Å². The Morgan fingerprint density at radius 1 is 1.28 bits per heavy atom. The Balaban J connectivity index is 0.00000182. The summed E-state index contributed by atoms with van der Waals surface area (Å²) in [5, 5.41) is 0.809. The van der Waals surface area contributed by atoms with E-state index in [0.29, 0.717) is 11.6 Å². The molecule has 2 atom stereocenters. The van der Waals surface area contributed by atoms with Gasteiger partial charge in [0.1, 0.15) is 5.82 Å². The minimum absolute atomic E-state index is 0. The molecule has 1 aliphatic carbocycles. The number of nitrogens with zero attached hydrogens (tertiary/aromatic N) is 2. The summed E-state index contributed by atoms with van der Waals surface area (Å²) in [5.74, 6) is 0.187. The smallest absolute Gasteiger partial charge is 0.251 e. The second-order valence-corrected chi connectivity index (χ2v) is 7.40. The van der Waals surface area contributed by atoms with Gasteiger partial charge in [0.05, 0.1) is 11.2 Å². The molecule has 2 N–H and O–H groups in total. The van der Waals surface area contributed by atoms with E-state index < -0.39 is 0 Å². The Morgan fingerprint density at radius 2 is 2.00 bits per heavy atom. The molecule has 2 fully saturated rings. The van der Waals surface area contributed by atoms with E-state index in [4.69, 9.17) is 5.73 Å². The van der Waals surface area contributed by atoms with Gasteiger partial charge >= 0.3 is 0 Å². The first-order chi connectivity index (χ1) is 11.5. The van der Waals surface area contributed by atoms with E-state index in [2.05, 4.69) is 4.90 Å². The van der Waals surface area contributed by atoms with Gasteiger partial charge in [-0.3, -0.25) is 4.79 Å². The Kier molecular flexibility index (Phi) is 4.82. The molecule has 136 valence electrons. The Labute approximate surface area is 153 Å². The van der Waals surface area contributed by atoms with Crippen LogP contribution in [-0.2, 0) is 0 Å². The number of nitrogens with two attached hydrogens (primary N) is 1. The molecule has 4 rings (SSSR count). The lowest BCUT2D eigenvalue weighted by molar-refractivity contribution is 0.487. The third kappa shape index (κ3) is 3.04. The fraction of sp³-hybridized carbons (Fsp3) is 0.526. The van der Waals surface area contributed by atoms with Gasteiger partial charge in [0.2, 0.25) is 0 Å². The van der Waals surface area contributed by atoms with Crippen molar-refractivity contribution in [3.05, 3.63) is 39.9 Å². The third-order valence-electron chi connectivity index (χ3n) is 5.57. The number of anilines is 1. The second kappa shape index (κ2) is 6.61. The lowest BCUT2D eigenvalue weighted by Gasteiger charge is -2.24. The quantitative estimate of drug-likeness (QED) is 0.907. The Morgan fingerprint density at radius 3 is 2.60 bits per heavy atom. The molecule has 1 unspecified atom stereocenters. The molecule has 1 aliphatic heterocycles. The highest BCUT2D eigenvalue weighted by molar-refractivity contribution is 5.88. The molecule has 1 aromatic carbocycles. The van der Waals surface area contributed by atoms with Gasteiger partial charge in [-0.25, -0.2) is 4.39 Å². The summed E-state index contributed by atoms with van der Waals surface area (Å²) in [6.45, 7) is 5.55. The van der Waals surface area contributed by atoms with Crippen molar-refractivity contribution in [3.8, 4) is 0 Å². The molecule has 2 aromatic rings. The van der Waals surface area contributed by atoms with Gasteiger partial charge in [-0.1, -0.05) is 0 Å². The zero-order valence-corrected chi connectivity index (χ0v) is 15.5. The molecule has 0 amide bonds. The molecule has 2 heterocycles. The van der Waals surface area contributed by atoms with Crippen molar-refractivity contribution in [1.82, 2.24) is 4.57 Å². The number of hydrogen-bond donors (Lipinski definition) is 1. The van der Waals surface area contributed by atoms with E-state index in [-0.39, 0.29) is 35.9 Å². The highest BCUT2D eigenvalue weighted by atomic mass is 35.5. The van der Waals surface area contributed by atoms with Crippen LogP contribution in [0.4, 0.5) is 10.1 Å². The number of rotatable bonds is 3. The van der Waals surface area contributed by atoms with Crippen LogP contribution in [-0.4, -0.2) is 23.7 Å². The van der Waals surface area contributed by atoms with Crippen LogP contribution in [0.25, 0.3) is 10.9 Å². The second-order valence-electron chi connectivity index (χ2n) is 7.40. The van der Waals surface area contributed by atoms with Crippen LogP contribution in [0.15, 0.2) is 23.0 Å². The first kappa shape index (κ1) is 18.2. The maximum absolute atomic E-state index is 14.8. The predicted octanol–water partition coefficient (Wildman–Crippen LogP) is 3.38. The summed E-state index contributed by atoms with van der Waals surface area (Å²) < 4.78 is 16.7. The summed E-state index contributed by atoms with van der Waals surface area (Å²) >= 11 is 0. The molecular formula is C19H25ClFN3O. The van der Waals surface area contributed by atoms with E-state index >= 15 is 0 Å². The topological polar surface area (TPSA) is 51.3 Å². The van der Waals surface area contributed by atoms with E-state index in [1.807, 2.05) is 18.4 Å². The van der Waals surface area contributed by atoms with Crippen molar-refractivity contribution in [2.45, 2.75) is 45.2 Å². The lowest BCUT2D eigenvalue weighted by atomic mass is 10.0. The fourth-order valence-corrected chi connectivity index (χ4v) is 4.08. The van der Waals surface area contributed by atoms with Gasteiger partial charge in [-0.05, 0) is 56.7 Å². The van der Waals surface area contributed by atoms with Crippen molar-refractivity contribution < 1.29 is 4.39 Å². The van der Waals surface area contributed by atoms with Crippen LogP contribution in [0.5, 0.6) is 0 Å². The van der Waals surface area contributed by atoms with Gasteiger partial charge in [-0.15, -0.1) is 12.4 Å². The normalized spacial score (nSPS) is 21.4. The molecule has 1 saturated heterocycles. The van der Waals surface area contributed by atoms with E-state index in [9.17, 15) is 9.18 Å². The molecular weight excluding hydrogens is 341 g/mol. The number of fused-ring (bicyclic) bond motifs is 1. The molecule has 4 nitrogen and oxygen atoms in total. The van der Waals surface area contributed by atoms with Crippen LogP contribution in [0, 0.1) is 18.7 Å². The minimum atomic E-state index is -0.202. The molecule has 1 saturated carbocycles. The van der Waals surface area contributed by atoms with E-state index in [0.717, 1.165) is 48.8 Å². The standard InChI is InChI=1S/C19H24FN3O.ClH/c1-11-18-13(3-6-17(24)23(18)15-4-5-15)9-16(20)19(11)22-8-7-14(10-22)12(2)21;/h3,6,9,12,14-15H,4-5,7-8,10,21H2,1-2H3;1H/t12-,14?;/m0./s1. The minimum Gasteiger partial charge on any atom is -0.369 e. The Hall–Kier alpha value is -1.59. The van der Waals surface area contributed by atoms with Crippen molar-refractivity contribution in [1.29, 1.82) is 0 Å². The van der Waals surface area contributed by atoms with Crippen molar-refractivity contribution in [2.75, 3.05) is 18.0 Å². The maximum atomic E-state index is 14.8. The monoisotopic (exact) mass is 365 g/mol. The number of aromatic nitrogens is 1. The average molecular weight is 366 g/mol. The van der Waals surface area contributed by atoms with Crippen LogP contribution in [0.2, 0.25) is 0 Å². The fourth-order valence-electron chi connectivity index (χ4n) is 4.08. The molecule has 0 spiro atoms. The van der Waals surface area contributed by atoms with Crippen LogP contribution in [0.1, 0.15) is 37.8 Å². The molecule has 1 aromatic heterocycles. The summed E-state index contributed by atoms with van der Waals surface area (Å²) in [7, 11) is 0. The third-order valence-corrected chi connectivity index (χ3v) is 5.57. The van der Waals surface area contributed by atoms with E-state index in [1.165, 1.54) is 0 Å². The summed E-state index contributed by atoms with van der Waals surface area (Å²) in [6.07, 6.45) is 3.04. The van der Waals surface area contributed by atoms with E-state index in [1.54, 1.807) is 18.2 Å². The first-order valence-corrected chi connectivity index (χ1v) is 8.82. The number of benzene rings is 1. The Bertz CT molecular complexity index is 860. The predicted molar refractivity (Wildman–Crippen MR) is 102 cm³/mol. The lowest BCUT2D eigenvalue weighted by Crippen LogP contribution is -2.30. The van der Waals surface area contributed by atoms with Gasteiger partial charge in [0.15, 0.2) is 0 Å². The highest BCUT2D eigenvalue weighted by Gasteiger charge is 2.31. The van der Waals surface area contributed by atoms with Crippen LogP contribution < -0.4 is 16.2 Å². The zero-order valence-electron chi connectivity index (χ0n) is 14.7. The zero-order chi connectivity index (χ0) is 17.0. The molecule has 0 radical (unpaired) electrons. The van der Waals surface area contributed by atoms with Gasteiger partial charge < -0.3 is 15.2 Å². The van der Waals surface area contributed by atoms with Crippen molar-refractivity contribution in [3.63, 3.8) is 0 Å². The van der Waals surface area contributed by atoms with Crippen LogP contribution >= 0.6 is 12.4 Å². The van der Waals surface area contributed by atoms with Crippen molar-refractivity contribution in [2.24, 2.45) is 11.7 Å². The molecule has 2 aliphatic rings. The largest absolute Gasteiger partial charge is 0.369 e. The summed E-state index contributed by atoms with van der Waals surface area (Å²) in [4.78, 5) is 14.5. The van der Waals surface area contributed by atoms with Gasteiger partial charge in [0, 0.05) is 36.6 Å². The maximum Gasteiger partial charge on any atom is 0.251 e. The average Bonchev–Trinajstić information content (AvgIpc) is 3.24. The molecule has 0 bridgehead atoms. The van der Waals surface area contributed by atoms with Gasteiger partial charge in [-0.2, -0.15) is 0 Å². The number of halogens is 2. The number of pyridine rings is 1. The highest BCUT2D eigenvalue weighted by Crippen LogP contribution is 2.40. The SMILES string of the molecule is Cc1c(N2CCC([C@H](C)N)C2)c(F)cc2ccc(=O)n(C3CC3)c12.Cl. The van der Waals surface area contributed by atoms with Gasteiger partial charge in [0.25, 0.3) is 5.56 Å². The first-order valence-electron chi connectivity index (χ1n) is 8.82. The summed E-state index contributed by atoms with van der Waals surface area (Å²) in [6, 6.07) is 5.26. The molecule has 25 heavy (non-hydrogen) atoms. The molecule has 6 heteroatoms. The number of hydrogen-bond acceptors (Lipinski definition) is 3. The number of aryl methyl sites for hydroxylation is 1. The summed E-state index contributed by atoms with van der Waals surface area (Å²) in [5.41, 5.74) is 8.46.